The number of fused-ring (bicyclic) bond motifs is 2. The molecular formula is C11H19N. The molecule has 1 heteroatoms. The standard InChI is InChI=1S/C11H19N/c1-2-3-11(12)10-7-8-4-5-9(10)6-8/h4-5,8-11H,2-3,6-7,12H2,1H3. The van der Waals surface area contributed by atoms with Crippen LogP contribution in [0.25, 0.3) is 0 Å². The summed E-state index contributed by atoms with van der Waals surface area (Å²) in [4.78, 5) is 0. The summed E-state index contributed by atoms with van der Waals surface area (Å²) < 4.78 is 0. The molecule has 0 amide bonds. The molecule has 0 saturated heterocycles. The third kappa shape index (κ3) is 1.31. The van der Waals surface area contributed by atoms with Gasteiger partial charge in [-0.1, -0.05) is 25.5 Å². The number of rotatable bonds is 3. The van der Waals surface area contributed by atoms with Gasteiger partial charge in [0.15, 0.2) is 0 Å². The van der Waals surface area contributed by atoms with Crippen molar-refractivity contribution in [2.24, 2.45) is 23.5 Å². The van der Waals surface area contributed by atoms with E-state index in [1.165, 1.54) is 25.7 Å². The predicted molar refractivity (Wildman–Crippen MR) is 51.7 cm³/mol. The second-order valence-electron chi connectivity index (χ2n) is 4.40. The van der Waals surface area contributed by atoms with Crippen LogP contribution in [0.5, 0.6) is 0 Å². The van der Waals surface area contributed by atoms with Gasteiger partial charge in [-0.3, -0.25) is 0 Å². The van der Waals surface area contributed by atoms with Crippen LogP contribution in [-0.4, -0.2) is 6.04 Å². The van der Waals surface area contributed by atoms with Gasteiger partial charge in [0.25, 0.3) is 0 Å². The molecule has 0 aromatic rings. The smallest absolute Gasteiger partial charge is 0.00729 e. The molecule has 1 nitrogen and oxygen atoms in total. The SMILES string of the molecule is CCCC(N)C1CC2C=CC1C2. The first-order chi connectivity index (χ1) is 5.81. The van der Waals surface area contributed by atoms with E-state index in [1.807, 2.05) is 0 Å². The second-order valence-corrected chi connectivity index (χ2v) is 4.40. The van der Waals surface area contributed by atoms with Crippen molar-refractivity contribution in [2.45, 2.75) is 38.6 Å². The summed E-state index contributed by atoms with van der Waals surface area (Å²) >= 11 is 0. The second kappa shape index (κ2) is 3.21. The normalized spacial score (nSPS) is 40.7. The molecular weight excluding hydrogens is 146 g/mol. The Morgan fingerprint density at radius 1 is 1.42 bits per heavy atom. The number of nitrogens with two attached hydrogens (primary N) is 1. The highest BCUT2D eigenvalue weighted by molar-refractivity contribution is 5.11. The van der Waals surface area contributed by atoms with E-state index in [1.54, 1.807) is 0 Å². The molecule has 68 valence electrons. The molecule has 1 saturated carbocycles. The van der Waals surface area contributed by atoms with Gasteiger partial charge in [-0.15, -0.1) is 0 Å². The van der Waals surface area contributed by atoms with Gasteiger partial charge in [0, 0.05) is 6.04 Å². The van der Waals surface area contributed by atoms with Gasteiger partial charge in [-0.25, -0.2) is 0 Å². The fourth-order valence-corrected chi connectivity index (χ4v) is 2.86. The molecule has 2 aliphatic carbocycles. The third-order valence-corrected chi connectivity index (χ3v) is 3.50. The van der Waals surface area contributed by atoms with Crippen LogP contribution in [0.1, 0.15) is 32.6 Å². The lowest BCUT2D eigenvalue weighted by Gasteiger charge is -2.24. The van der Waals surface area contributed by atoms with Crippen molar-refractivity contribution in [1.29, 1.82) is 0 Å². The first kappa shape index (κ1) is 8.31. The lowest BCUT2D eigenvalue weighted by Crippen LogP contribution is -2.32. The van der Waals surface area contributed by atoms with Crippen molar-refractivity contribution >= 4 is 0 Å². The van der Waals surface area contributed by atoms with Crippen LogP contribution < -0.4 is 5.73 Å². The van der Waals surface area contributed by atoms with E-state index in [0.29, 0.717) is 6.04 Å². The molecule has 4 atom stereocenters. The zero-order chi connectivity index (χ0) is 8.55. The summed E-state index contributed by atoms with van der Waals surface area (Å²) in [6, 6.07) is 0.468. The van der Waals surface area contributed by atoms with Crippen LogP contribution in [0.3, 0.4) is 0 Å². The Hall–Kier alpha value is -0.300. The van der Waals surface area contributed by atoms with Gasteiger partial charge in [-0.05, 0) is 37.0 Å². The van der Waals surface area contributed by atoms with E-state index in [-0.39, 0.29) is 0 Å². The van der Waals surface area contributed by atoms with Crippen LogP contribution in [0.2, 0.25) is 0 Å². The Labute approximate surface area is 75.0 Å². The minimum atomic E-state index is 0.468. The molecule has 2 bridgehead atoms. The van der Waals surface area contributed by atoms with E-state index in [0.717, 1.165) is 17.8 Å². The average molecular weight is 165 g/mol. The zero-order valence-corrected chi connectivity index (χ0v) is 7.87. The summed E-state index contributed by atoms with van der Waals surface area (Å²) in [7, 11) is 0. The van der Waals surface area contributed by atoms with Crippen molar-refractivity contribution in [1.82, 2.24) is 0 Å². The van der Waals surface area contributed by atoms with Gasteiger partial charge in [-0.2, -0.15) is 0 Å². The van der Waals surface area contributed by atoms with Crippen LogP contribution in [0, 0.1) is 17.8 Å². The minimum Gasteiger partial charge on any atom is -0.327 e. The van der Waals surface area contributed by atoms with Crippen molar-refractivity contribution < 1.29 is 0 Å². The van der Waals surface area contributed by atoms with E-state index >= 15 is 0 Å². The molecule has 12 heavy (non-hydrogen) atoms. The summed E-state index contributed by atoms with van der Waals surface area (Å²) in [5, 5.41) is 0. The summed E-state index contributed by atoms with van der Waals surface area (Å²) in [5.41, 5.74) is 6.14. The summed E-state index contributed by atoms with van der Waals surface area (Å²) in [6.07, 6.45) is 9.99. The lowest BCUT2D eigenvalue weighted by atomic mass is 9.85. The Bertz CT molecular complexity index is 185. The zero-order valence-electron chi connectivity index (χ0n) is 7.87. The molecule has 0 aromatic heterocycles. The molecule has 0 heterocycles. The quantitative estimate of drug-likeness (QED) is 0.638. The van der Waals surface area contributed by atoms with E-state index < -0.39 is 0 Å². The highest BCUT2D eigenvalue weighted by atomic mass is 14.7. The fourth-order valence-electron chi connectivity index (χ4n) is 2.86. The minimum absolute atomic E-state index is 0.468. The number of hydrogen-bond donors (Lipinski definition) is 1. The van der Waals surface area contributed by atoms with Crippen LogP contribution in [-0.2, 0) is 0 Å². The molecule has 0 spiro atoms. The maximum Gasteiger partial charge on any atom is 0.00729 e. The largest absolute Gasteiger partial charge is 0.327 e. The number of hydrogen-bond acceptors (Lipinski definition) is 1. The van der Waals surface area contributed by atoms with Gasteiger partial charge >= 0.3 is 0 Å². The molecule has 0 aromatic carbocycles. The fraction of sp³-hybridized carbons (Fsp3) is 0.818. The Kier molecular flexibility index (Phi) is 2.22. The Morgan fingerprint density at radius 2 is 2.25 bits per heavy atom. The maximum absolute atomic E-state index is 6.14. The van der Waals surface area contributed by atoms with E-state index in [4.69, 9.17) is 5.73 Å². The van der Waals surface area contributed by atoms with Crippen molar-refractivity contribution in [3.05, 3.63) is 12.2 Å². The summed E-state index contributed by atoms with van der Waals surface area (Å²) in [5.74, 6) is 2.51. The first-order valence-corrected chi connectivity index (χ1v) is 5.25. The molecule has 0 radical (unpaired) electrons. The highest BCUT2D eigenvalue weighted by Crippen LogP contribution is 2.45. The molecule has 2 rings (SSSR count). The van der Waals surface area contributed by atoms with Crippen LogP contribution in [0.4, 0.5) is 0 Å². The summed E-state index contributed by atoms with van der Waals surface area (Å²) in [6.45, 7) is 2.23. The Morgan fingerprint density at radius 3 is 2.75 bits per heavy atom. The van der Waals surface area contributed by atoms with Gasteiger partial charge in [0.05, 0.1) is 0 Å². The molecule has 2 N–H and O–H groups in total. The predicted octanol–water partition coefficient (Wildman–Crippen LogP) is 2.33. The topological polar surface area (TPSA) is 26.0 Å². The van der Waals surface area contributed by atoms with E-state index in [2.05, 4.69) is 19.1 Å². The third-order valence-electron chi connectivity index (χ3n) is 3.50. The lowest BCUT2D eigenvalue weighted by molar-refractivity contribution is 0.346. The monoisotopic (exact) mass is 165 g/mol. The number of allylic oxidation sites excluding steroid dienone is 2. The molecule has 2 aliphatic rings. The highest BCUT2D eigenvalue weighted by Gasteiger charge is 2.38. The molecule has 4 unspecified atom stereocenters. The first-order valence-electron chi connectivity index (χ1n) is 5.25. The van der Waals surface area contributed by atoms with Gasteiger partial charge < -0.3 is 5.73 Å². The van der Waals surface area contributed by atoms with Crippen molar-refractivity contribution in [3.8, 4) is 0 Å². The molecule has 0 aliphatic heterocycles. The average Bonchev–Trinajstić information content (AvgIpc) is 2.64. The van der Waals surface area contributed by atoms with Crippen molar-refractivity contribution in [3.63, 3.8) is 0 Å². The van der Waals surface area contributed by atoms with Gasteiger partial charge in [0.1, 0.15) is 0 Å². The Balaban J connectivity index is 1.93. The van der Waals surface area contributed by atoms with Crippen molar-refractivity contribution in [2.75, 3.05) is 0 Å². The van der Waals surface area contributed by atoms with Crippen LogP contribution in [0.15, 0.2) is 12.2 Å². The van der Waals surface area contributed by atoms with Crippen LogP contribution >= 0.6 is 0 Å². The van der Waals surface area contributed by atoms with Gasteiger partial charge in [0.2, 0.25) is 0 Å². The molecule has 1 fully saturated rings. The maximum atomic E-state index is 6.14. The van der Waals surface area contributed by atoms with E-state index in [9.17, 15) is 0 Å².